The fraction of sp³-hybridized carbons (Fsp3) is 0.667. The number of rotatable bonds is 7. The van der Waals surface area contributed by atoms with Crippen LogP contribution in [-0.2, 0) is 10.3 Å². The van der Waals surface area contributed by atoms with Crippen molar-refractivity contribution in [2.45, 2.75) is 57.2 Å². The van der Waals surface area contributed by atoms with E-state index in [4.69, 9.17) is 10.5 Å². The minimum atomic E-state index is -0.975. The van der Waals surface area contributed by atoms with Gasteiger partial charge < -0.3 is 15.6 Å². The molecular formula is C18H29NO2. The van der Waals surface area contributed by atoms with Gasteiger partial charge in [-0.25, -0.2) is 0 Å². The first-order valence-corrected chi connectivity index (χ1v) is 8.29. The monoisotopic (exact) mass is 291 g/mol. The van der Waals surface area contributed by atoms with Gasteiger partial charge in [0.2, 0.25) is 0 Å². The smallest absolute Gasteiger partial charge is 0.104 e. The molecule has 2 rings (SSSR count). The van der Waals surface area contributed by atoms with Crippen LogP contribution in [0.5, 0.6) is 0 Å². The van der Waals surface area contributed by atoms with E-state index < -0.39 is 5.60 Å². The van der Waals surface area contributed by atoms with Crippen molar-refractivity contribution < 1.29 is 9.84 Å². The Hall–Kier alpha value is -0.900. The maximum absolute atomic E-state index is 10.7. The molecule has 3 nitrogen and oxygen atoms in total. The van der Waals surface area contributed by atoms with Crippen LogP contribution < -0.4 is 5.73 Å². The highest BCUT2D eigenvalue weighted by Crippen LogP contribution is 2.30. The summed E-state index contributed by atoms with van der Waals surface area (Å²) in [4.78, 5) is 0. The average Bonchev–Trinajstić information content (AvgIpc) is 2.56. The molecule has 21 heavy (non-hydrogen) atoms. The zero-order valence-electron chi connectivity index (χ0n) is 13.1. The van der Waals surface area contributed by atoms with Crippen LogP contribution in [-0.4, -0.2) is 24.4 Å². The number of hydrogen-bond acceptors (Lipinski definition) is 3. The summed E-state index contributed by atoms with van der Waals surface area (Å²) < 4.78 is 6.09. The summed E-state index contributed by atoms with van der Waals surface area (Å²) in [7, 11) is 0. The third-order valence-electron chi connectivity index (χ3n) is 4.86. The van der Waals surface area contributed by atoms with Gasteiger partial charge in [-0.05, 0) is 24.3 Å². The second-order valence-corrected chi connectivity index (χ2v) is 6.21. The Morgan fingerprint density at radius 1 is 1.24 bits per heavy atom. The lowest BCUT2D eigenvalue weighted by atomic mass is 9.84. The summed E-state index contributed by atoms with van der Waals surface area (Å²) in [5.74, 6) is 0.682. The Labute approximate surface area is 128 Å². The summed E-state index contributed by atoms with van der Waals surface area (Å²) in [6, 6.07) is 9.69. The number of nitrogens with two attached hydrogens (primary N) is 1. The molecule has 118 valence electrons. The van der Waals surface area contributed by atoms with E-state index in [9.17, 15) is 5.11 Å². The van der Waals surface area contributed by atoms with E-state index in [0.29, 0.717) is 25.0 Å². The molecule has 3 atom stereocenters. The van der Waals surface area contributed by atoms with Crippen LogP contribution in [0.3, 0.4) is 0 Å². The van der Waals surface area contributed by atoms with E-state index in [0.717, 1.165) is 12.0 Å². The first kappa shape index (κ1) is 16.5. The number of benzene rings is 1. The Bertz CT molecular complexity index is 409. The SMILES string of the molecule is CCC1CCCCC1OCCC(O)(CN)c1ccccc1. The molecule has 3 unspecified atom stereocenters. The van der Waals surface area contributed by atoms with E-state index in [2.05, 4.69) is 6.92 Å². The summed E-state index contributed by atoms with van der Waals surface area (Å²) >= 11 is 0. The van der Waals surface area contributed by atoms with Gasteiger partial charge in [0, 0.05) is 13.0 Å². The standard InChI is InChI=1S/C18H29NO2/c1-2-15-8-6-7-11-17(15)21-13-12-18(20,14-19)16-9-4-3-5-10-16/h3-5,9-10,15,17,20H,2,6-8,11-14,19H2,1H3. The highest BCUT2D eigenvalue weighted by atomic mass is 16.5. The van der Waals surface area contributed by atoms with E-state index in [1.807, 2.05) is 30.3 Å². The van der Waals surface area contributed by atoms with E-state index in [1.165, 1.54) is 25.7 Å². The van der Waals surface area contributed by atoms with E-state index in [1.54, 1.807) is 0 Å². The van der Waals surface area contributed by atoms with Gasteiger partial charge in [-0.3, -0.25) is 0 Å². The maximum atomic E-state index is 10.7. The zero-order chi connectivity index (χ0) is 15.1. The topological polar surface area (TPSA) is 55.5 Å². The van der Waals surface area contributed by atoms with Gasteiger partial charge in [-0.1, -0.05) is 56.5 Å². The van der Waals surface area contributed by atoms with Crippen LogP contribution in [0.2, 0.25) is 0 Å². The van der Waals surface area contributed by atoms with Crippen LogP contribution in [0.1, 0.15) is 51.0 Å². The Morgan fingerprint density at radius 3 is 2.62 bits per heavy atom. The molecule has 1 aromatic rings. The first-order chi connectivity index (χ1) is 10.2. The molecule has 1 saturated carbocycles. The Balaban J connectivity index is 1.88. The minimum Gasteiger partial charge on any atom is -0.384 e. The predicted octanol–water partition coefficient (Wildman–Crippen LogP) is 3.21. The molecule has 1 aliphatic carbocycles. The molecule has 0 amide bonds. The molecule has 0 heterocycles. The maximum Gasteiger partial charge on any atom is 0.104 e. The first-order valence-electron chi connectivity index (χ1n) is 8.29. The van der Waals surface area contributed by atoms with Gasteiger partial charge in [0.05, 0.1) is 12.7 Å². The highest BCUT2D eigenvalue weighted by Gasteiger charge is 2.29. The Kier molecular flexibility index (Phi) is 6.22. The second kappa shape index (κ2) is 7.92. The lowest BCUT2D eigenvalue weighted by molar-refractivity contribution is -0.0486. The number of hydrogen-bond donors (Lipinski definition) is 2. The summed E-state index contributed by atoms with van der Waals surface area (Å²) in [6.07, 6.45) is 7.13. The summed E-state index contributed by atoms with van der Waals surface area (Å²) in [5.41, 5.74) is 5.71. The summed E-state index contributed by atoms with van der Waals surface area (Å²) in [5, 5.41) is 10.7. The largest absolute Gasteiger partial charge is 0.384 e. The van der Waals surface area contributed by atoms with Crippen molar-refractivity contribution in [3.05, 3.63) is 35.9 Å². The molecule has 0 aromatic heterocycles. The fourth-order valence-electron chi connectivity index (χ4n) is 3.35. The van der Waals surface area contributed by atoms with Crippen molar-refractivity contribution in [3.8, 4) is 0 Å². The lowest BCUT2D eigenvalue weighted by Gasteiger charge is -2.33. The normalized spacial score (nSPS) is 25.5. The van der Waals surface area contributed by atoms with Crippen LogP contribution >= 0.6 is 0 Å². The highest BCUT2D eigenvalue weighted by molar-refractivity contribution is 5.22. The van der Waals surface area contributed by atoms with Crippen LogP contribution in [0.15, 0.2) is 30.3 Å². The number of ether oxygens (including phenoxy) is 1. The fourth-order valence-corrected chi connectivity index (χ4v) is 3.35. The lowest BCUT2D eigenvalue weighted by Crippen LogP contribution is -2.37. The van der Waals surface area contributed by atoms with Gasteiger partial charge in [0.15, 0.2) is 0 Å². The molecule has 1 aliphatic rings. The van der Waals surface area contributed by atoms with Crippen molar-refractivity contribution >= 4 is 0 Å². The molecule has 1 aromatic carbocycles. The molecule has 3 N–H and O–H groups in total. The van der Waals surface area contributed by atoms with E-state index in [-0.39, 0.29) is 6.54 Å². The van der Waals surface area contributed by atoms with Crippen molar-refractivity contribution in [1.82, 2.24) is 0 Å². The van der Waals surface area contributed by atoms with Gasteiger partial charge in [-0.2, -0.15) is 0 Å². The molecule has 3 heteroatoms. The molecule has 0 radical (unpaired) electrons. The average molecular weight is 291 g/mol. The Morgan fingerprint density at radius 2 is 1.95 bits per heavy atom. The van der Waals surface area contributed by atoms with Gasteiger partial charge in [0.1, 0.15) is 5.60 Å². The third kappa shape index (κ3) is 4.29. The summed E-state index contributed by atoms with van der Waals surface area (Å²) in [6.45, 7) is 3.04. The molecular weight excluding hydrogens is 262 g/mol. The van der Waals surface area contributed by atoms with Gasteiger partial charge in [-0.15, -0.1) is 0 Å². The van der Waals surface area contributed by atoms with Crippen LogP contribution in [0.4, 0.5) is 0 Å². The predicted molar refractivity (Wildman–Crippen MR) is 86.0 cm³/mol. The quantitative estimate of drug-likeness (QED) is 0.811. The minimum absolute atomic E-state index is 0.224. The molecule has 0 saturated heterocycles. The van der Waals surface area contributed by atoms with Crippen molar-refractivity contribution in [2.75, 3.05) is 13.2 Å². The van der Waals surface area contributed by atoms with Crippen LogP contribution in [0, 0.1) is 5.92 Å². The van der Waals surface area contributed by atoms with Crippen molar-refractivity contribution in [1.29, 1.82) is 0 Å². The third-order valence-corrected chi connectivity index (χ3v) is 4.86. The number of aliphatic hydroxyl groups is 1. The van der Waals surface area contributed by atoms with Crippen LogP contribution in [0.25, 0.3) is 0 Å². The zero-order valence-corrected chi connectivity index (χ0v) is 13.1. The van der Waals surface area contributed by atoms with E-state index >= 15 is 0 Å². The van der Waals surface area contributed by atoms with Gasteiger partial charge >= 0.3 is 0 Å². The van der Waals surface area contributed by atoms with Crippen molar-refractivity contribution in [3.63, 3.8) is 0 Å². The molecule has 0 bridgehead atoms. The van der Waals surface area contributed by atoms with Gasteiger partial charge in [0.25, 0.3) is 0 Å². The molecule has 1 fully saturated rings. The molecule has 0 aliphatic heterocycles. The van der Waals surface area contributed by atoms with Crippen molar-refractivity contribution in [2.24, 2.45) is 11.7 Å². The molecule has 0 spiro atoms. The second-order valence-electron chi connectivity index (χ2n) is 6.21.